The Morgan fingerprint density at radius 3 is 2.78 bits per heavy atom. The number of ether oxygens (including phenoxy) is 1. The summed E-state index contributed by atoms with van der Waals surface area (Å²) < 4.78 is 5.69. The van der Waals surface area contributed by atoms with E-state index in [1.54, 1.807) is 12.4 Å². The zero-order valence-corrected chi connectivity index (χ0v) is 12.8. The van der Waals surface area contributed by atoms with Crippen LogP contribution in [-0.2, 0) is 4.74 Å². The van der Waals surface area contributed by atoms with Gasteiger partial charge in [0, 0.05) is 36.5 Å². The zero-order chi connectivity index (χ0) is 15.5. The summed E-state index contributed by atoms with van der Waals surface area (Å²) >= 11 is 0. The van der Waals surface area contributed by atoms with E-state index in [2.05, 4.69) is 15.3 Å². The number of para-hydroxylation sites is 1. The second kappa shape index (κ2) is 6.30. The number of anilines is 1. The molecular formula is C18H18N4O. The normalized spacial score (nSPS) is 17.5. The number of nitrogens with one attached hydrogen (secondary N) is 1. The molecule has 1 aromatic carbocycles. The summed E-state index contributed by atoms with van der Waals surface area (Å²) in [4.78, 5) is 13.5. The molecule has 4 rings (SSSR count). The molecule has 0 aliphatic carbocycles. The molecule has 0 amide bonds. The van der Waals surface area contributed by atoms with Gasteiger partial charge in [0.1, 0.15) is 5.82 Å². The molecule has 0 saturated carbocycles. The number of benzene rings is 1. The number of nitrogens with zero attached hydrogens (tertiary/aromatic N) is 3. The maximum atomic E-state index is 5.69. The third kappa shape index (κ3) is 3.00. The minimum Gasteiger partial charge on any atom is -0.376 e. The van der Waals surface area contributed by atoms with Crippen molar-refractivity contribution in [2.75, 3.05) is 18.5 Å². The highest BCUT2D eigenvalue weighted by molar-refractivity contribution is 5.90. The van der Waals surface area contributed by atoms with E-state index in [1.165, 1.54) is 0 Å². The summed E-state index contributed by atoms with van der Waals surface area (Å²) in [6.07, 6.45) is 6.03. The van der Waals surface area contributed by atoms with Crippen LogP contribution < -0.4 is 5.32 Å². The molecule has 0 unspecified atom stereocenters. The summed E-state index contributed by atoms with van der Waals surface area (Å²) in [7, 11) is 0. The summed E-state index contributed by atoms with van der Waals surface area (Å²) in [6.45, 7) is 1.63. The lowest BCUT2D eigenvalue weighted by molar-refractivity contribution is 0.120. The van der Waals surface area contributed by atoms with Gasteiger partial charge in [-0.25, -0.2) is 9.97 Å². The van der Waals surface area contributed by atoms with Gasteiger partial charge in [0.05, 0.1) is 11.6 Å². The topological polar surface area (TPSA) is 59.9 Å². The minimum absolute atomic E-state index is 0.271. The highest BCUT2D eigenvalue weighted by Gasteiger charge is 2.16. The molecule has 23 heavy (non-hydrogen) atoms. The van der Waals surface area contributed by atoms with Crippen molar-refractivity contribution in [1.29, 1.82) is 0 Å². The fourth-order valence-electron chi connectivity index (χ4n) is 2.86. The minimum atomic E-state index is 0.271. The van der Waals surface area contributed by atoms with Crippen molar-refractivity contribution in [3.8, 4) is 11.4 Å². The lowest BCUT2D eigenvalue weighted by Gasteiger charge is -2.14. The molecule has 0 bridgehead atoms. The molecule has 116 valence electrons. The number of hydrogen-bond acceptors (Lipinski definition) is 5. The van der Waals surface area contributed by atoms with Crippen molar-refractivity contribution in [2.24, 2.45) is 0 Å². The highest BCUT2D eigenvalue weighted by Crippen LogP contribution is 2.25. The molecule has 1 atom stereocenters. The molecule has 1 N–H and O–H groups in total. The van der Waals surface area contributed by atoms with Crippen molar-refractivity contribution in [3.63, 3.8) is 0 Å². The predicted molar refractivity (Wildman–Crippen MR) is 90.2 cm³/mol. The number of pyridine rings is 1. The first-order valence-electron chi connectivity index (χ1n) is 7.93. The second-order valence-electron chi connectivity index (χ2n) is 5.66. The van der Waals surface area contributed by atoms with Crippen LogP contribution in [0, 0.1) is 0 Å². The Morgan fingerprint density at radius 1 is 1.09 bits per heavy atom. The van der Waals surface area contributed by atoms with Gasteiger partial charge < -0.3 is 10.1 Å². The maximum absolute atomic E-state index is 5.69. The van der Waals surface area contributed by atoms with Crippen LogP contribution in [0.3, 0.4) is 0 Å². The van der Waals surface area contributed by atoms with Crippen LogP contribution in [0.1, 0.15) is 12.8 Å². The Hall–Kier alpha value is -2.53. The Bertz CT molecular complexity index is 800. The van der Waals surface area contributed by atoms with Crippen molar-refractivity contribution >= 4 is 16.7 Å². The smallest absolute Gasteiger partial charge is 0.162 e. The van der Waals surface area contributed by atoms with Gasteiger partial charge in [-0.1, -0.05) is 12.1 Å². The monoisotopic (exact) mass is 306 g/mol. The van der Waals surface area contributed by atoms with Gasteiger partial charge in [-0.15, -0.1) is 0 Å². The van der Waals surface area contributed by atoms with Gasteiger partial charge in [-0.05, 0) is 37.1 Å². The fraction of sp³-hybridized carbons (Fsp3) is 0.278. The molecule has 1 saturated heterocycles. The fourth-order valence-corrected chi connectivity index (χ4v) is 2.86. The van der Waals surface area contributed by atoms with Crippen molar-refractivity contribution in [1.82, 2.24) is 15.0 Å². The van der Waals surface area contributed by atoms with E-state index in [4.69, 9.17) is 9.72 Å². The molecule has 0 spiro atoms. The van der Waals surface area contributed by atoms with Crippen LogP contribution in [0.4, 0.5) is 5.82 Å². The third-order valence-electron chi connectivity index (χ3n) is 4.06. The molecule has 1 aliphatic rings. The number of rotatable bonds is 4. The van der Waals surface area contributed by atoms with E-state index in [9.17, 15) is 0 Å². The van der Waals surface area contributed by atoms with E-state index in [-0.39, 0.29) is 6.10 Å². The SMILES string of the molecule is c1ccc2c(NC[C@H]3CCCO3)nc(-c3ccncc3)nc2c1. The van der Waals surface area contributed by atoms with Gasteiger partial charge in [0.15, 0.2) is 5.82 Å². The summed E-state index contributed by atoms with van der Waals surface area (Å²) in [5, 5.41) is 4.48. The quantitative estimate of drug-likeness (QED) is 0.801. The second-order valence-corrected chi connectivity index (χ2v) is 5.66. The Kier molecular flexibility index (Phi) is 3.86. The lowest BCUT2D eigenvalue weighted by atomic mass is 10.2. The summed E-state index contributed by atoms with van der Waals surface area (Å²) in [6, 6.07) is 11.9. The molecular weight excluding hydrogens is 288 g/mol. The largest absolute Gasteiger partial charge is 0.376 e. The van der Waals surface area contributed by atoms with Crippen LogP contribution in [-0.4, -0.2) is 34.2 Å². The molecule has 5 heteroatoms. The Morgan fingerprint density at radius 2 is 1.96 bits per heavy atom. The molecule has 1 aliphatic heterocycles. The highest BCUT2D eigenvalue weighted by atomic mass is 16.5. The standard InChI is InChI=1S/C18H18N4O/c1-2-6-16-15(5-1)18(20-12-14-4-3-11-23-14)22-17(21-16)13-7-9-19-10-8-13/h1-2,5-10,14H,3-4,11-12H2,(H,20,21,22)/t14-/m1/s1. The maximum Gasteiger partial charge on any atom is 0.162 e. The van der Waals surface area contributed by atoms with Gasteiger partial charge in [0.2, 0.25) is 0 Å². The molecule has 3 aromatic rings. The number of aromatic nitrogens is 3. The predicted octanol–water partition coefficient (Wildman–Crippen LogP) is 3.28. The molecule has 5 nitrogen and oxygen atoms in total. The first-order chi connectivity index (χ1) is 11.4. The van der Waals surface area contributed by atoms with E-state index in [0.717, 1.165) is 48.3 Å². The van der Waals surface area contributed by atoms with Gasteiger partial charge in [0.25, 0.3) is 0 Å². The zero-order valence-electron chi connectivity index (χ0n) is 12.8. The van der Waals surface area contributed by atoms with E-state index in [1.807, 2.05) is 36.4 Å². The van der Waals surface area contributed by atoms with Crippen LogP contribution in [0.25, 0.3) is 22.3 Å². The number of fused-ring (bicyclic) bond motifs is 1. The van der Waals surface area contributed by atoms with Gasteiger partial charge in [-0.2, -0.15) is 0 Å². The Labute approximate surface area is 134 Å². The average Bonchev–Trinajstić information content (AvgIpc) is 3.14. The van der Waals surface area contributed by atoms with Crippen LogP contribution >= 0.6 is 0 Å². The summed E-state index contributed by atoms with van der Waals surface area (Å²) in [5.41, 5.74) is 1.90. The molecule has 3 heterocycles. The third-order valence-corrected chi connectivity index (χ3v) is 4.06. The van der Waals surface area contributed by atoms with Crippen molar-refractivity contribution in [2.45, 2.75) is 18.9 Å². The molecule has 0 radical (unpaired) electrons. The molecule has 2 aromatic heterocycles. The van der Waals surface area contributed by atoms with Crippen LogP contribution in [0.2, 0.25) is 0 Å². The van der Waals surface area contributed by atoms with E-state index in [0.29, 0.717) is 5.82 Å². The number of hydrogen-bond donors (Lipinski definition) is 1. The van der Waals surface area contributed by atoms with Crippen LogP contribution in [0.15, 0.2) is 48.8 Å². The van der Waals surface area contributed by atoms with E-state index < -0.39 is 0 Å². The Balaban J connectivity index is 1.71. The lowest BCUT2D eigenvalue weighted by Crippen LogP contribution is -2.19. The first kappa shape index (κ1) is 14.1. The van der Waals surface area contributed by atoms with E-state index >= 15 is 0 Å². The van der Waals surface area contributed by atoms with Crippen molar-refractivity contribution in [3.05, 3.63) is 48.8 Å². The molecule has 1 fully saturated rings. The van der Waals surface area contributed by atoms with Crippen molar-refractivity contribution < 1.29 is 4.74 Å². The first-order valence-corrected chi connectivity index (χ1v) is 7.93. The van der Waals surface area contributed by atoms with Crippen LogP contribution in [0.5, 0.6) is 0 Å². The van der Waals surface area contributed by atoms with Gasteiger partial charge >= 0.3 is 0 Å². The average molecular weight is 306 g/mol. The summed E-state index contributed by atoms with van der Waals surface area (Å²) in [5.74, 6) is 1.57. The van der Waals surface area contributed by atoms with Gasteiger partial charge in [-0.3, -0.25) is 4.98 Å².